The Morgan fingerprint density at radius 3 is 2.61 bits per heavy atom. The summed E-state index contributed by atoms with van der Waals surface area (Å²) in [6.07, 6.45) is 2.55. The van der Waals surface area contributed by atoms with E-state index in [0.29, 0.717) is 30.5 Å². The molecule has 0 aliphatic rings. The number of guanidine groups is 1. The molecule has 0 radical (unpaired) electrons. The van der Waals surface area contributed by atoms with E-state index in [9.17, 15) is 4.79 Å². The van der Waals surface area contributed by atoms with Crippen molar-refractivity contribution in [3.63, 3.8) is 0 Å². The molecular weight excluding hydrogens is 469 g/mol. The summed E-state index contributed by atoms with van der Waals surface area (Å²) >= 11 is 0. The van der Waals surface area contributed by atoms with Gasteiger partial charge in [-0.05, 0) is 24.1 Å². The van der Waals surface area contributed by atoms with Crippen LogP contribution in [0.25, 0.3) is 0 Å². The molecule has 0 unspecified atom stereocenters. The zero-order valence-electron chi connectivity index (χ0n) is 17.1. The highest BCUT2D eigenvalue weighted by atomic mass is 127. The van der Waals surface area contributed by atoms with Crippen molar-refractivity contribution in [3.05, 3.63) is 53.2 Å². The highest BCUT2D eigenvalue weighted by Crippen LogP contribution is 2.22. The molecule has 1 aromatic carbocycles. The van der Waals surface area contributed by atoms with Crippen LogP contribution in [0.3, 0.4) is 0 Å². The van der Waals surface area contributed by atoms with Gasteiger partial charge in [-0.2, -0.15) is 0 Å². The molecule has 8 heteroatoms. The fourth-order valence-electron chi connectivity index (χ4n) is 2.46. The molecule has 0 fully saturated rings. The number of rotatable bonds is 6. The fourth-order valence-corrected chi connectivity index (χ4v) is 2.46. The van der Waals surface area contributed by atoms with E-state index < -0.39 is 0 Å². The number of aromatic nitrogens is 1. The highest BCUT2D eigenvalue weighted by Gasteiger charge is 2.19. The lowest BCUT2D eigenvalue weighted by Crippen LogP contribution is -2.37. The molecule has 3 N–H and O–H groups in total. The first-order chi connectivity index (χ1) is 12.8. The zero-order valence-corrected chi connectivity index (χ0v) is 19.5. The first-order valence-electron chi connectivity index (χ1n) is 9.04. The number of nitrogens with one attached hydrogen (secondary N) is 3. The third-order valence-electron chi connectivity index (χ3n) is 4.05. The van der Waals surface area contributed by atoms with Gasteiger partial charge in [-0.25, -0.2) is 4.98 Å². The van der Waals surface area contributed by atoms with Crippen molar-refractivity contribution in [2.45, 2.75) is 39.2 Å². The van der Waals surface area contributed by atoms with Crippen LogP contribution in [0.1, 0.15) is 48.3 Å². The number of nitrogens with zero attached hydrogens (tertiary/aromatic N) is 2. The van der Waals surface area contributed by atoms with Crippen molar-refractivity contribution in [1.82, 2.24) is 20.9 Å². The standard InChI is InChI=1S/C20H29N5O2.HI/c1-20(2,3)16-12-24-17(27-16)13-25-19(22-5)23-10-9-14-7-6-8-15(11-14)18(26)21-4;/h6-8,11-12H,9-10,13H2,1-5H3,(H,21,26)(H2,22,23,25);1H. The third kappa shape index (κ3) is 7.14. The second-order valence-electron chi connectivity index (χ2n) is 7.25. The van der Waals surface area contributed by atoms with Gasteiger partial charge >= 0.3 is 0 Å². The lowest BCUT2D eigenvalue weighted by molar-refractivity contribution is 0.0963. The van der Waals surface area contributed by atoms with Gasteiger partial charge in [0.25, 0.3) is 5.91 Å². The Hall–Kier alpha value is -2.10. The summed E-state index contributed by atoms with van der Waals surface area (Å²) in [7, 11) is 3.35. The molecule has 1 amide bonds. The van der Waals surface area contributed by atoms with Crippen LogP contribution in [0.5, 0.6) is 0 Å². The third-order valence-corrected chi connectivity index (χ3v) is 4.05. The maximum absolute atomic E-state index is 11.7. The van der Waals surface area contributed by atoms with E-state index in [1.54, 1.807) is 26.4 Å². The van der Waals surface area contributed by atoms with E-state index in [-0.39, 0.29) is 35.3 Å². The second kappa shape index (κ2) is 11.0. The Morgan fingerprint density at radius 1 is 1.25 bits per heavy atom. The average Bonchev–Trinajstić information content (AvgIpc) is 3.13. The Morgan fingerprint density at radius 2 is 2.00 bits per heavy atom. The van der Waals surface area contributed by atoms with Crippen molar-refractivity contribution >= 4 is 35.8 Å². The molecule has 28 heavy (non-hydrogen) atoms. The summed E-state index contributed by atoms with van der Waals surface area (Å²) in [6.45, 7) is 7.41. The van der Waals surface area contributed by atoms with Gasteiger partial charge in [0.2, 0.25) is 5.89 Å². The van der Waals surface area contributed by atoms with Gasteiger partial charge < -0.3 is 20.4 Å². The molecule has 0 atom stereocenters. The van der Waals surface area contributed by atoms with Crippen molar-refractivity contribution < 1.29 is 9.21 Å². The maximum atomic E-state index is 11.7. The summed E-state index contributed by atoms with van der Waals surface area (Å²) in [5.41, 5.74) is 1.69. The monoisotopic (exact) mass is 499 g/mol. The van der Waals surface area contributed by atoms with Crippen LogP contribution in [0, 0.1) is 0 Å². The first kappa shape index (κ1) is 23.9. The molecule has 0 saturated heterocycles. The van der Waals surface area contributed by atoms with Gasteiger partial charge in [-0.1, -0.05) is 32.9 Å². The van der Waals surface area contributed by atoms with Crippen LogP contribution in [0.4, 0.5) is 0 Å². The minimum absolute atomic E-state index is 0. The molecule has 0 aliphatic heterocycles. The molecular formula is C20H30IN5O2. The van der Waals surface area contributed by atoms with E-state index in [0.717, 1.165) is 17.7 Å². The summed E-state index contributed by atoms with van der Waals surface area (Å²) in [4.78, 5) is 20.2. The number of hydrogen-bond acceptors (Lipinski definition) is 4. The number of oxazole rings is 1. The molecule has 7 nitrogen and oxygen atoms in total. The van der Waals surface area contributed by atoms with Gasteiger partial charge in [0.1, 0.15) is 5.76 Å². The minimum atomic E-state index is -0.0807. The first-order valence-corrected chi connectivity index (χ1v) is 9.04. The number of benzene rings is 1. The zero-order chi connectivity index (χ0) is 19.9. The van der Waals surface area contributed by atoms with Crippen molar-refractivity contribution in [2.75, 3.05) is 20.6 Å². The van der Waals surface area contributed by atoms with Crippen LogP contribution < -0.4 is 16.0 Å². The Labute approximate surface area is 183 Å². The van der Waals surface area contributed by atoms with Gasteiger partial charge in [-0.3, -0.25) is 9.79 Å². The second-order valence-corrected chi connectivity index (χ2v) is 7.25. The van der Waals surface area contributed by atoms with E-state index >= 15 is 0 Å². The Balaban J connectivity index is 0.00000392. The maximum Gasteiger partial charge on any atom is 0.251 e. The van der Waals surface area contributed by atoms with E-state index in [4.69, 9.17) is 4.42 Å². The van der Waals surface area contributed by atoms with Crippen molar-refractivity contribution in [1.29, 1.82) is 0 Å². The lowest BCUT2D eigenvalue weighted by atomic mass is 9.94. The van der Waals surface area contributed by atoms with Crippen LogP contribution >= 0.6 is 24.0 Å². The molecule has 1 heterocycles. The van der Waals surface area contributed by atoms with Gasteiger partial charge in [0, 0.05) is 31.6 Å². The smallest absolute Gasteiger partial charge is 0.251 e. The molecule has 0 bridgehead atoms. The summed E-state index contributed by atoms with van der Waals surface area (Å²) in [5, 5.41) is 9.09. The molecule has 0 saturated carbocycles. The molecule has 0 spiro atoms. The van der Waals surface area contributed by atoms with Crippen LogP contribution in [0.2, 0.25) is 0 Å². The number of halogens is 1. The normalized spacial score (nSPS) is 11.5. The molecule has 1 aromatic heterocycles. The number of amides is 1. The summed E-state index contributed by atoms with van der Waals surface area (Å²) in [6, 6.07) is 7.60. The van der Waals surface area contributed by atoms with E-state index in [1.165, 1.54) is 0 Å². The highest BCUT2D eigenvalue weighted by molar-refractivity contribution is 14.0. The van der Waals surface area contributed by atoms with Crippen LogP contribution in [-0.4, -0.2) is 37.5 Å². The fraction of sp³-hybridized carbons (Fsp3) is 0.450. The van der Waals surface area contributed by atoms with E-state index in [2.05, 4.69) is 46.7 Å². The minimum Gasteiger partial charge on any atom is -0.443 e. The van der Waals surface area contributed by atoms with Gasteiger partial charge in [-0.15, -0.1) is 24.0 Å². The van der Waals surface area contributed by atoms with Gasteiger partial charge in [0.05, 0.1) is 12.7 Å². The largest absolute Gasteiger partial charge is 0.443 e. The number of carbonyl (C=O) groups excluding carboxylic acids is 1. The Bertz CT molecular complexity index is 796. The number of hydrogen-bond donors (Lipinski definition) is 3. The molecule has 2 aromatic rings. The quantitative estimate of drug-likeness (QED) is 0.323. The van der Waals surface area contributed by atoms with Crippen molar-refractivity contribution in [3.8, 4) is 0 Å². The van der Waals surface area contributed by atoms with Gasteiger partial charge in [0.15, 0.2) is 5.96 Å². The summed E-state index contributed by atoms with van der Waals surface area (Å²) in [5.74, 6) is 2.08. The topological polar surface area (TPSA) is 91.5 Å². The SMILES string of the molecule is CN=C(NCCc1cccc(C(=O)NC)c1)NCc1ncc(C(C)(C)C)o1.I. The number of aliphatic imine (C=N–C) groups is 1. The average molecular weight is 499 g/mol. The number of carbonyl (C=O) groups is 1. The van der Waals surface area contributed by atoms with Crippen LogP contribution in [-0.2, 0) is 18.4 Å². The predicted molar refractivity (Wildman–Crippen MR) is 122 cm³/mol. The molecule has 2 rings (SSSR count). The molecule has 0 aliphatic carbocycles. The van der Waals surface area contributed by atoms with E-state index in [1.807, 2.05) is 18.2 Å². The molecule has 154 valence electrons. The lowest BCUT2D eigenvalue weighted by Gasteiger charge is -2.13. The summed E-state index contributed by atoms with van der Waals surface area (Å²) < 4.78 is 5.77. The predicted octanol–water partition coefficient (Wildman–Crippen LogP) is 2.86. The van der Waals surface area contributed by atoms with Crippen molar-refractivity contribution in [2.24, 2.45) is 4.99 Å². The Kier molecular flexibility index (Phi) is 9.44. The van der Waals surface area contributed by atoms with Crippen LogP contribution in [0.15, 0.2) is 39.9 Å².